The van der Waals surface area contributed by atoms with Crippen molar-refractivity contribution in [3.8, 4) is 0 Å². The van der Waals surface area contributed by atoms with Crippen LogP contribution in [0.3, 0.4) is 0 Å². The molecule has 12 rings (SSSR count). The van der Waals surface area contributed by atoms with Gasteiger partial charge in [0.25, 0.3) is 23.7 Å². The standard InChI is InChI=1S/C60H59F10N17O2/c1-35-5-6-37(53(88)76-42-20-36(29-83-11-3-4-12-83)19-40(23-42)59(65,66)67)21-45(35)78-52-50-48(28-72-56(81-50)86-14-10-58(63,64)32-86)87(34-75-52)30-39-8-7-38(54(89)77-43-24-41(60(68,69)70)25-44(26-43)84-17-15-82(2)16-18-84)22-46(39)79-51-49-47(73-33-74-51)27-71-55(80-49)85-13-9-57(61,62)31-85/h5-8,19-28,33-34,48,78H,3-4,9-18,29-32H2,1-2H3,(H,76,88)(H,77,89)(H,73,74,79). The summed E-state index contributed by atoms with van der Waals surface area (Å²) >= 11 is 0. The van der Waals surface area contributed by atoms with E-state index < -0.39 is 79.1 Å². The van der Waals surface area contributed by atoms with Gasteiger partial charge >= 0.3 is 12.4 Å². The lowest BCUT2D eigenvalue weighted by molar-refractivity contribution is -0.138. The van der Waals surface area contributed by atoms with E-state index >= 15 is 0 Å². The SMILES string of the molecule is Cc1ccc(C(=O)Nc2cc(CN3CCCC3)cc(C(F)(F)F)c2)cc1NC1=C2N=C(N3CCC(F)(F)C3)N=CC2N(Cc2ccc(C(=O)Nc3cc(N4CCN(C)CC4)cc(C(F)(F)F)c3)cc2Nc2ncnc3cnc(N4CCC(F)(F)C4)nc23)C=N1. The highest BCUT2D eigenvalue weighted by Gasteiger charge is 2.42. The number of alkyl halides is 10. The lowest BCUT2D eigenvalue weighted by atomic mass is 10.0. The third-order valence-electron chi connectivity index (χ3n) is 16.3. The van der Waals surface area contributed by atoms with Gasteiger partial charge in [-0.3, -0.25) is 14.5 Å². The van der Waals surface area contributed by atoms with Crippen molar-refractivity contribution in [2.45, 2.75) is 75.9 Å². The molecule has 0 aliphatic carbocycles. The Labute approximate surface area is 503 Å². The fraction of sp³-hybridized carbons (Fsp3) is 0.383. The van der Waals surface area contributed by atoms with E-state index in [2.05, 4.69) is 51.1 Å². The zero-order chi connectivity index (χ0) is 62.6. The zero-order valence-corrected chi connectivity index (χ0v) is 48.0. The topological polar surface area (TPSA) is 190 Å². The quantitative estimate of drug-likeness (QED) is 0.0754. The fourth-order valence-electron chi connectivity index (χ4n) is 11.4. The van der Waals surface area contributed by atoms with Crippen molar-refractivity contribution in [3.63, 3.8) is 0 Å². The Morgan fingerprint density at radius 1 is 0.663 bits per heavy atom. The molecular formula is C60H59F10N17O2. The Balaban J connectivity index is 0.870. The van der Waals surface area contributed by atoms with Crippen molar-refractivity contribution in [3.05, 3.63) is 136 Å². The van der Waals surface area contributed by atoms with Crippen molar-refractivity contribution in [2.24, 2.45) is 15.0 Å². The Bertz CT molecular complexity index is 3860. The number of hydrogen-bond donors (Lipinski definition) is 4. The summed E-state index contributed by atoms with van der Waals surface area (Å²) in [5, 5.41) is 11.8. The number of aliphatic imine (C=N–C) groups is 3. The molecule has 4 aromatic carbocycles. The van der Waals surface area contributed by atoms with Crippen molar-refractivity contribution in [2.75, 3.05) is 104 Å². The summed E-state index contributed by atoms with van der Waals surface area (Å²) in [5.41, 5.74) is 0.883. The van der Waals surface area contributed by atoms with Crippen LogP contribution in [-0.2, 0) is 25.4 Å². The van der Waals surface area contributed by atoms with Gasteiger partial charge in [-0.05, 0) is 117 Å². The summed E-state index contributed by atoms with van der Waals surface area (Å²) in [6, 6.07) is 15.1. The number of fused-ring (bicyclic) bond motifs is 2. The van der Waals surface area contributed by atoms with Crippen LogP contribution >= 0.6 is 0 Å². The third kappa shape index (κ3) is 13.7. The second-order valence-corrected chi connectivity index (χ2v) is 23.0. The third-order valence-corrected chi connectivity index (χ3v) is 16.3. The summed E-state index contributed by atoms with van der Waals surface area (Å²) in [7, 11) is 1.91. The van der Waals surface area contributed by atoms with Crippen LogP contribution < -0.4 is 31.1 Å². The average Bonchev–Trinajstić information content (AvgIpc) is 3.09. The number of amides is 2. The minimum absolute atomic E-state index is 0.0117. The number of halogens is 10. The Kier molecular flexibility index (Phi) is 16.2. The van der Waals surface area contributed by atoms with Gasteiger partial charge < -0.3 is 45.8 Å². The molecule has 6 aromatic rings. The molecule has 0 radical (unpaired) electrons. The molecule has 2 aromatic heterocycles. The molecule has 0 saturated carbocycles. The number of carbonyl (C=O) groups excluding carboxylic acids is 2. The van der Waals surface area contributed by atoms with Gasteiger partial charge in [-0.15, -0.1) is 0 Å². The number of hydrogen-bond acceptors (Lipinski definition) is 17. The summed E-state index contributed by atoms with van der Waals surface area (Å²) in [5.74, 6) is -7.33. The number of benzene rings is 4. The second-order valence-electron chi connectivity index (χ2n) is 23.0. The number of nitrogens with one attached hydrogen (secondary N) is 4. The highest BCUT2D eigenvalue weighted by molar-refractivity contribution is 6.06. The molecular weight excluding hydrogens is 1180 g/mol. The Hall–Kier alpha value is -8.99. The van der Waals surface area contributed by atoms with E-state index in [4.69, 9.17) is 9.98 Å². The number of aryl methyl sites for hydroxylation is 1. The molecule has 4 fully saturated rings. The Morgan fingerprint density at radius 3 is 1.99 bits per heavy atom. The predicted octanol–water partition coefficient (Wildman–Crippen LogP) is 10.5. The van der Waals surface area contributed by atoms with E-state index in [0.717, 1.165) is 50.2 Å². The van der Waals surface area contributed by atoms with Crippen LogP contribution in [0, 0.1) is 6.92 Å². The number of piperazine rings is 1. The first-order valence-electron chi connectivity index (χ1n) is 28.8. The number of guanidine groups is 1. The van der Waals surface area contributed by atoms with Gasteiger partial charge in [-0.2, -0.15) is 26.3 Å². The zero-order valence-electron chi connectivity index (χ0n) is 48.0. The monoisotopic (exact) mass is 1240 g/mol. The largest absolute Gasteiger partial charge is 0.416 e. The summed E-state index contributed by atoms with van der Waals surface area (Å²) in [4.78, 5) is 70.4. The normalized spacial score (nSPS) is 19.5. The van der Waals surface area contributed by atoms with E-state index in [1.807, 2.05) is 16.8 Å². The summed E-state index contributed by atoms with van der Waals surface area (Å²) in [6.45, 7) is 4.20. The molecule has 29 heteroatoms. The van der Waals surface area contributed by atoms with E-state index in [0.29, 0.717) is 48.6 Å². The molecule has 2 amide bonds. The predicted molar refractivity (Wildman–Crippen MR) is 316 cm³/mol. The van der Waals surface area contributed by atoms with Crippen LogP contribution in [0.15, 0.2) is 112 Å². The summed E-state index contributed by atoms with van der Waals surface area (Å²) < 4.78 is 144. The number of carbonyl (C=O) groups is 2. The number of aromatic nitrogens is 4. The van der Waals surface area contributed by atoms with Crippen LogP contribution in [-0.4, -0.2) is 160 Å². The molecule has 89 heavy (non-hydrogen) atoms. The van der Waals surface area contributed by atoms with Crippen LogP contribution in [0.5, 0.6) is 0 Å². The highest BCUT2D eigenvalue weighted by atomic mass is 19.4. The first-order chi connectivity index (χ1) is 42.3. The van der Waals surface area contributed by atoms with Crippen LogP contribution in [0.2, 0.25) is 0 Å². The molecule has 0 spiro atoms. The molecule has 6 aliphatic heterocycles. The number of rotatable bonds is 14. The van der Waals surface area contributed by atoms with Gasteiger partial charge in [0.05, 0.1) is 36.8 Å². The minimum atomic E-state index is -4.75. The van der Waals surface area contributed by atoms with E-state index in [-0.39, 0.29) is 100 Å². The lowest BCUT2D eigenvalue weighted by Gasteiger charge is -2.35. The van der Waals surface area contributed by atoms with Crippen LogP contribution in [0.25, 0.3) is 11.0 Å². The molecule has 6 aliphatic rings. The van der Waals surface area contributed by atoms with E-state index in [9.17, 15) is 53.5 Å². The first-order valence-corrected chi connectivity index (χ1v) is 28.8. The van der Waals surface area contributed by atoms with Crippen molar-refractivity contribution < 1.29 is 53.5 Å². The number of nitrogens with zero attached hydrogens (tertiary/aromatic N) is 13. The van der Waals surface area contributed by atoms with Gasteiger partial charge in [-0.25, -0.2) is 52.5 Å². The number of likely N-dealkylation sites (N-methyl/N-ethyl adjacent to an activating group) is 1. The number of likely N-dealkylation sites (tertiary alicyclic amines) is 2. The summed E-state index contributed by atoms with van der Waals surface area (Å²) in [6.07, 6.45) is -2.87. The smallest absolute Gasteiger partial charge is 0.369 e. The second kappa shape index (κ2) is 23.8. The molecule has 1 unspecified atom stereocenters. The van der Waals surface area contributed by atoms with E-state index in [1.165, 1.54) is 71.3 Å². The Morgan fingerprint density at radius 2 is 1.31 bits per heavy atom. The van der Waals surface area contributed by atoms with Crippen molar-refractivity contribution >= 4 is 81.6 Å². The molecule has 19 nitrogen and oxygen atoms in total. The van der Waals surface area contributed by atoms with Crippen LogP contribution in [0.4, 0.5) is 84.1 Å². The van der Waals surface area contributed by atoms with Gasteiger partial charge in [-0.1, -0.05) is 12.1 Å². The maximum atomic E-state index is 14.7. The van der Waals surface area contributed by atoms with Gasteiger partial charge in [0.2, 0.25) is 11.9 Å². The lowest BCUT2D eigenvalue weighted by Crippen LogP contribution is -2.44. The van der Waals surface area contributed by atoms with E-state index in [1.54, 1.807) is 24.0 Å². The molecule has 4 N–H and O–H groups in total. The molecule has 8 heterocycles. The maximum absolute atomic E-state index is 14.7. The highest BCUT2D eigenvalue weighted by Crippen LogP contribution is 2.39. The maximum Gasteiger partial charge on any atom is 0.416 e. The van der Waals surface area contributed by atoms with Crippen LogP contribution in [0.1, 0.15) is 74.2 Å². The van der Waals surface area contributed by atoms with Crippen molar-refractivity contribution in [1.82, 2.24) is 39.5 Å². The molecule has 466 valence electrons. The molecule has 4 saturated heterocycles. The van der Waals surface area contributed by atoms with Gasteiger partial charge in [0, 0.05) is 111 Å². The fourth-order valence-corrected chi connectivity index (χ4v) is 11.4. The van der Waals surface area contributed by atoms with Gasteiger partial charge in [0.15, 0.2) is 11.6 Å². The molecule has 1 atom stereocenters. The average molecular weight is 1240 g/mol. The minimum Gasteiger partial charge on any atom is -0.369 e. The number of anilines is 7. The molecule has 0 bridgehead atoms. The van der Waals surface area contributed by atoms with Crippen molar-refractivity contribution in [1.29, 1.82) is 0 Å². The van der Waals surface area contributed by atoms with Gasteiger partial charge in [0.1, 0.15) is 29.1 Å². The first kappa shape index (κ1) is 60.3.